The molecule has 6 nitrogen and oxygen atoms in total. The van der Waals surface area contributed by atoms with Crippen molar-refractivity contribution < 1.29 is 19.1 Å². The molecule has 0 aliphatic carbocycles. The second-order valence-electron chi connectivity index (χ2n) is 4.62. The smallest absolute Gasteiger partial charge is 0.328 e. The number of piperidine rings is 1. The molecule has 0 bridgehead atoms. The van der Waals surface area contributed by atoms with Gasteiger partial charge in [-0.2, -0.15) is 0 Å². The van der Waals surface area contributed by atoms with E-state index in [1.54, 1.807) is 17.0 Å². The Balaban J connectivity index is 2.18. The number of likely N-dealkylation sites (tertiary alicyclic amines) is 1. The first-order valence-corrected chi connectivity index (χ1v) is 6.56. The number of nitrogens with zero attached hydrogens (tertiary/aromatic N) is 2. The second kappa shape index (κ2) is 6.36. The average Bonchev–Trinajstić information content (AvgIpc) is 2.53. The molecule has 1 aliphatic heterocycles. The van der Waals surface area contributed by atoms with Gasteiger partial charge in [0, 0.05) is 18.8 Å². The molecule has 6 heteroatoms. The van der Waals surface area contributed by atoms with Gasteiger partial charge in [-0.1, -0.05) is 0 Å². The normalized spacial score (nSPS) is 18.5. The first-order valence-electron chi connectivity index (χ1n) is 6.56. The molecule has 1 unspecified atom stereocenters. The van der Waals surface area contributed by atoms with E-state index >= 15 is 0 Å². The highest BCUT2D eigenvalue weighted by Gasteiger charge is 2.33. The quantitative estimate of drug-likeness (QED) is 0.778. The molecule has 2 rings (SSSR count). The van der Waals surface area contributed by atoms with E-state index in [0.717, 1.165) is 12.8 Å². The van der Waals surface area contributed by atoms with Crippen molar-refractivity contribution in [2.45, 2.75) is 25.3 Å². The van der Waals surface area contributed by atoms with Crippen LogP contribution in [0.2, 0.25) is 0 Å². The number of hydrogen-bond donors (Lipinski definition) is 0. The molecule has 0 N–H and O–H groups in total. The number of pyridine rings is 1. The first-order chi connectivity index (χ1) is 9.67. The Hall–Kier alpha value is -2.11. The third kappa shape index (κ3) is 2.89. The van der Waals surface area contributed by atoms with E-state index in [1.165, 1.54) is 20.4 Å². The van der Waals surface area contributed by atoms with Crippen LogP contribution in [0, 0.1) is 0 Å². The van der Waals surface area contributed by atoms with Crippen LogP contribution in [-0.4, -0.2) is 48.6 Å². The summed E-state index contributed by atoms with van der Waals surface area (Å²) in [6.45, 7) is 0.560. The molecule has 1 aromatic rings. The maximum Gasteiger partial charge on any atom is 0.328 e. The van der Waals surface area contributed by atoms with Gasteiger partial charge in [-0.15, -0.1) is 0 Å². The fraction of sp³-hybridized carbons (Fsp3) is 0.500. The number of hydrogen-bond acceptors (Lipinski definition) is 5. The lowest BCUT2D eigenvalue weighted by Gasteiger charge is -2.33. The molecule has 1 amide bonds. The largest absolute Gasteiger partial charge is 0.481 e. The van der Waals surface area contributed by atoms with Gasteiger partial charge in [-0.3, -0.25) is 4.79 Å². The predicted molar refractivity (Wildman–Crippen MR) is 71.5 cm³/mol. The third-order valence-electron chi connectivity index (χ3n) is 3.43. The lowest BCUT2D eigenvalue weighted by atomic mass is 10.0. The average molecular weight is 278 g/mol. The van der Waals surface area contributed by atoms with Gasteiger partial charge in [0.15, 0.2) is 0 Å². The number of aromatic nitrogens is 1. The fourth-order valence-corrected chi connectivity index (χ4v) is 2.35. The van der Waals surface area contributed by atoms with E-state index in [0.29, 0.717) is 24.4 Å². The fourth-order valence-electron chi connectivity index (χ4n) is 2.35. The van der Waals surface area contributed by atoms with Crippen molar-refractivity contribution in [1.82, 2.24) is 9.88 Å². The van der Waals surface area contributed by atoms with Crippen LogP contribution in [0.5, 0.6) is 5.88 Å². The van der Waals surface area contributed by atoms with Crippen molar-refractivity contribution >= 4 is 11.9 Å². The zero-order valence-electron chi connectivity index (χ0n) is 11.7. The Labute approximate surface area is 117 Å². The highest BCUT2D eigenvalue weighted by Crippen LogP contribution is 2.21. The minimum atomic E-state index is -0.497. The molecule has 0 aromatic carbocycles. The summed E-state index contributed by atoms with van der Waals surface area (Å²) < 4.78 is 9.74. The molecule has 1 fully saturated rings. The van der Waals surface area contributed by atoms with Crippen molar-refractivity contribution in [3.63, 3.8) is 0 Å². The standard InChI is InChI=1S/C14H18N2O4/c1-19-12-7-6-10(9-15-12)13(17)16-8-4-3-5-11(16)14(18)20-2/h6-7,9,11H,3-5,8H2,1-2H3. The summed E-state index contributed by atoms with van der Waals surface area (Å²) in [5, 5.41) is 0. The van der Waals surface area contributed by atoms with Gasteiger partial charge >= 0.3 is 5.97 Å². The van der Waals surface area contributed by atoms with Crippen LogP contribution in [0.4, 0.5) is 0 Å². The van der Waals surface area contributed by atoms with Crippen LogP contribution in [0.15, 0.2) is 18.3 Å². The van der Waals surface area contributed by atoms with Crippen LogP contribution in [0.1, 0.15) is 29.6 Å². The highest BCUT2D eigenvalue weighted by atomic mass is 16.5. The van der Waals surface area contributed by atoms with Crippen molar-refractivity contribution in [2.24, 2.45) is 0 Å². The minimum Gasteiger partial charge on any atom is -0.481 e. The summed E-state index contributed by atoms with van der Waals surface area (Å²) in [5.74, 6) is -0.112. The lowest BCUT2D eigenvalue weighted by Crippen LogP contribution is -2.48. The van der Waals surface area contributed by atoms with Crippen molar-refractivity contribution in [1.29, 1.82) is 0 Å². The number of carbonyl (C=O) groups is 2. The van der Waals surface area contributed by atoms with E-state index in [-0.39, 0.29) is 11.9 Å². The Bertz CT molecular complexity index is 486. The summed E-state index contributed by atoms with van der Waals surface area (Å²) in [6, 6.07) is 2.78. The van der Waals surface area contributed by atoms with Crippen molar-refractivity contribution in [2.75, 3.05) is 20.8 Å². The van der Waals surface area contributed by atoms with Crippen LogP contribution >= 0.6 is 0 Å². The van der Waals surface area contributed by atoms with Crippen molar-refractivity contribution in [3.8, 4) is 5.88 Å². The van der Waals surface area contributed by atoms with Gasteiger partial charge in [-0.05, 0) is 25.3 Å². The summed E-state index contributed by atoms with van der Waals surface area (Å²) >= 11 is 0. The monoisotopic (exact) mass is 278 g/mol. The zero-order chi connectivity index (χ0) is 14.5. The van der Waals surface area contributed by atoms with Crippen LogP contribution in [-0.2, 0) is 9.53 Å². The highest BCUT2D eigenvalue weighted by molar-refractivity contribution is 5.96. The molecule has 20 heavy (non-hydrogen) atoms. The number of amides is 1. The Morgan fingerprint density at radius 2 is 2.10 bits per heavy atom. The van der Waals surface area contributed by atoms with E-state index in [2.05, 4.69) is 4.98 Å². The third-order valence-corrected chi connectivity index (χ3v) is 3.43. The number of esters is 1. The van der Waals surface area contributed by atoms with Gasteiger partial charge in [0.2, 0.25) is 5.88 Å². The topological polar surface area (TPSA) is 68.7 Å². The maximum absolute atomic E-state index is 12.5. The summed E-state index contributed by atoms with van der Waals surface area (Å²) in [4.78, 5) is 29.8. The number of methoxy groups -OCH3 is 2. The van der Waals surface area contributed by atoms with Crippen LogP contribution < -0.4 is 4.74 Å². The Kier molecular flexibility index (Phi) is 4.55. The molecule has 1 atom stereocenters. The molecule has 0 radical (unpaired) electrons. The van der Waals surface area contributed by atoms with Gasteiger partial charge < -0.3 is 14.4 Å². The Morgan fingerprint density at radius 3 is 2.70 bits per heavy atom. The van der Waals surface area contributed by atoms with E-state index in [4.69, 9.17) is 9.47 Å². The second-order valence-corrected chi connectivity index (χ2v) is 4.62. The van der Waals surface area contributed by atoms with Gasteiger partial charge in [-0.25, -0.2) is 9.78 Å². The molecule has 0 spiro atoms. The molecule has 1 aromatic heterocycles. The zero-order valence-corrected chi connectivity index (χ0v) is 11.7. The van der Waals surface area contributed by atoms with E-state index in [1.807, 2.05) is 0 Å². The van der Waals surface area contributed by atoms with Crippen LogP contribution in [0.25, 0.3) is 0 Å². The van der Waals surface area contributed by atoms with Crippen LogP contribution in [0.3, 0.4) is 0 Å². The molecular formula is C14H18N2O4. The predicted octanol–water partition coefficient (Wildman–Crippen LogP) is 1.26. The lowest BCUT2D eigenvalue weighted by molar-refractivity contribution is -0.147. The van der Waals surface area contributed by atoms with Gasteiger partial charge in [0.1, 0.15) is 6.04 Å². The minimum absolute atomic E-state index is 0.199. The summed E-state index contributed by atoms with van der Waals surface area (Å²) in [7, 11) is 2.86. The summed E-state index contributed by atoms with van der Waals surface area (Å²) in [5.41, 5.74) is 0.446. The molecule has 0 saturated carbocycles. The van der Waals surface area contributed by atoms with Crippen molar-refractivity contribution in [3.05, 3.63) is 23.9 Å². The molecule has 1 aliphatic rings. The Morgan fingerprint density at radius 1 is 1.30 bits per heavy atom. The van der Waals surface area contributed by atoms with E-state index < -0.39 is 6.04 Å². The van der Waals surface area contributed by atoms with E-state index in [9.17, 15) is 9.59 Å². The molecule has 2 heterocycles. The van der Waals surface area contributed by atoms with Gasteiger partial charge in [0.05, 0.1) is 19.8 Å². The molecule has 1 saturated heterocycles. The first kappa shape index (κ1) is 14.3. The summed E-state index contributed by atoms with van der Waals surface area (Å²) in [6.07, 6.45) is 3.92. The number of ether oxygens (including phenoxy) is 2. The number of rotatable bonds is 3. The molecule has 108 valence electrons. The van der Waals surface area contributed by atoms with Gasteiger partial charge in [0.25, 0.3) is 5.91 Å². The molecular weight excluding hydrogens is 260 g/mol. The SMILES string of the molecule is COC(=O)C1CCCCN1C(=O)c1ccc(OC)nc1. The number of carbonyl (C=O) groups excluding carboxylic acids is 2. The maximum atomic E-state index is 12.5.